The first kappa shape index (κ1) is 31.0. The van der Waals surface area contributed by atoms with Crippen LogP contribution >= 0.6 is 0 Å². The van der Waals surface area contributed by atoms with Crippen LogP contribution in [0.15, 0.2) is 0 Å². The Morgan fingerprint density at radius 2 is 0.531 bits per heavy atom. The molecule has 0 saturated carbocycles. The van der Waals surface area contributed by atoms with Crippen LogP contribution in [0.2, 0.25) is 0 Å². The number of rotatable bonds is 7. The first-order valence-corrected chi connectivity index (χ1v) is 10.1. The molecule has 0 saturated heterocycles. The van der Waals surface area contributed by atoms with E-state index in [0.717, 1.165) is 0 Å². The van der Waals surface area contributed by atoms with Crippen molar-refractivity contribution in [1.29, 1.82) is 0 Å². The summed E-state index contributed by atoms with van der Waals surface area (Å²) in [6.45, 7) is 0. The van der Waals surface area contributed by atoms with Crippen molar-refractivity contribution in [3.8, 4) is 0 Å². The molecule has 23 heteroatoms. The van der Waals surface area contributed by atoms with Gasteiger partial charge in [0.15, 0.2) is 0 Å². The zero-order chi connectivity index (χ0) is 27.0. The minimum absolute atomic E-state index is 7.84. The van der Waals surface area contributed by atoms with Gasteiger partial charge in [-0.3, -0.25) is 0 Å². The third kappa shape index (κ3) is 3.56. The van der Waals surface area contributed by atoms with Gasteiger partial charge < -0.3 is 0 Å². The van der Waals surface area contributed by atoms with E-state index in [1.807, 2.05) is 0 Å². The maximum atomic E-state index is 13.1. The van der Waals surface area contributed by atoms with Crippen molar-refractivity contribution in [3.63, 3.8) is 0 Å². The fraction of sp³-hybridized carbons (Fsp3) is 1.00. The van der Waals surface area contributed by atoms with E-state index in [1.54, 1.807) is 0 Å². The van der Waals surface area contributed by atoms with Gasteiger partial charge in [-0.25, -0.2) is 0 Å². The van der Waals surface area contributed by atoms with E-state index < -0.39 is 65.9 Å². The molecule has 0 nitrogen and oxygen atoms in total. The molecule has 0 rings (SSSR count). The van der Waals surface area contributed by atoms with E-state index >= 15 is 0 Å². The summed E-state index contributed by atoms with van der Waals surface area (Å²) >= 11 is -10.9. The average Bonchev–Trinajstić information content (AvgIpc) is 2.51. The van der Waals surface area contributed by atoms with Crippen LogP contribution in [0.1, 0.15) is 0 Å². The van der Waals surface area contributed by atoms with Crippen LogP contribution in [0.25, 0.3) is 0 Å². The Bertz CT molecular complexity index is 631. The molecule has 0 bridgehead atoms. The summed E-state index contributed by atoms with van der Waals surface area (Å²) in [5.74, 6) is -53.9. The van der Waals surface area contributed by atoms with Gasteiger partial charge in [-0.05, 0) is 0 Å². The Morgan fingerprint density at radius 3 is 0.750 bits per heavy atom. The molecule has 0 N–H and O–H groups in total. The van der Waals surface area contributed by atoms with E-state index in [2.05, 4.69) is 0 Å². The zero-order valence-corrected chi connectivity index (χ0v) is 15.4. The quantitative estimate of drug-likeness (QED) is 0.224. The molecule has 0 fully saturated rings. The molecule has 0 heterocycles. The second-order valence-corrected chi connectivity index (χ2v) is 10.5. The molecule has 0 aliphatic carbocycles. The second kappa shape index (κ2) is 7.26. The van der Waals surface area contributed by atoms with Gasteiger partial charge in [0.2, 0.25) is 0 Å². The molecule has 0 aromatic rings. The molecule has 0 spiro atoms. The van der Waals surface area contributed by atoms with Crippen molar-refractivity contribution in [2.45, 2.75) is 51.4 Å². The van der Waals surface area contributed by atoms with Gasteiger partial charge in [-0.2, -0.15) is 0 Å². The van der Waals surface area contributed by atoms with Crippen LogP contribution in [-0.2, 0) is 0 Å². The molecule has 196 valence electrons. The molecule has 0 unspecified atom stereocenters. The van der Waals surface area contributed by atoms with Gasteiger partial charge in [0, 0.05) is 0 Å². The Kier molecular flexibility index (Phi) is 7.03. The summed E-state index contributed by atoms with van der Waals surface area (Å²) in [6.07, 6.45) is -8.02. The van der Waals surface area contributed by atoms with E-state index in [1.165, 1.54) is 0 Å². The van der Waals surface area contributed by atoms with E-state index in [4.69, 9.17) is 0 Å². The van der Waals surface area contributed by atoms with Crippen molar-refractivity contribution in [3.05, 3.63) is 0 Å². The SMILES string of the molecule is FC(F)(F)C(F)(F)C(F)(F)C(F)(F)C(F)(F)C(F)(F)C(F)(F)C(F)(F)[AsH](F)(F)C(F)(F)F. The predicted octanol–water partition coefficient (Wildman–Crippen LogP) is 6.75. The van der Waals surface area contributed by atoms with E-state index in [-0.39, 0.29) is 0 Å². The number of hydrogen-bond donors (Lipinski definition) is 0. The molecule has 0 aliphatic heterocycles. The molecule has 0 aliphatic rings. The van der Waals surface area contributed by atoms with Crippen LogP contribution < -0.4 is 0 Å². The normalized spacial score (nSPS) is 17.6. The monoisotopic (exact) mass is 602 g/mol. The Hall–Kier alpha value is -0.982. The third-order valence-electron chi connectivity index (χ3n) is 3.47. The zero-order valence-electron chi connectivity index (χ0n) is 13.3. The molecule has 0 aromatic carbocycles. The molecule has 0 radical (unpaired) electrons. The Morgan fingerprint density at radius 1 is 0.312 bits per heavy atom. The standard InChI is InChI=1S/C9HAsF22/c11-1(12,2(13,14)4(17,18)6(21,22)8(25,26)27)3(15,16)5(19,20)7(23,24)10(31,32)9(28,29)30/h10H. The van der Waals surface area contributed by atoms with Gasteiger partial charge in [-0.15, -0.1) is 0 Å². The Labute approximate surface area is 162 Å². The van der Waals surface area contributed by atoms with Gasteiger partial charge in [0.1, 0.15) is 0 Å². The first-order chi connectivity index (χ1) is 13.2. The fourth-order valence-electron chi connectivity index (χ4n) is 1.54. The predicted molar refractivity (Wildman–Crippen MR) is 56.1 cm³/mol. The van der Waals surface area contributed by atoms with Crippen LogP contribution in [0, 0.1) is 0 Å². The summed E-state index contributed by atoms with van der Waals surface area (Å²) < 4.78 is 268. The molecule has 0 atom stereocenters. The molecular weight excluding hydrogens is 601 g/mol. The summed E-state index contributed by atoms with van der Waals surface area (Å²) in [7, 11) is 0. The molecular formula is C9HAsF22. The third-order valence-corrected chi connectivity index (χ3v) is 7.28. The number of halogens is 22. The summed E-state index contributed by atoms with van der Waals surface area (Å²) in [6, 6.07) is 0. The van der Waals surface area contributed by atoms with Crippen molar-refractivity contribution >= 4 is 14.5 Å². The molecule has 32 heavy (non-hydrogen) atoms. The molecule has 0 amide bonds. The number of hydrogen-bond acceptors (Lipinski definition) is 0. The Balaban J connectivity index is 7.00. The van der Waals surface area contributed by atoms with Crippen molar-refractivity contribution < 1.29 is 94.7 Å². The van der Waals surface area contributed by atoms with Crippen LogP contribution in [0.5, 0.6) is 0 Å². The van der Waals surface area contributed by atoms with E-state index in [9.17, 15) is 94.7 Å². The average molecular weight is 602 g/mol. The fourth-order valence-corrected chi connectivity index (χ4v) is 3.44. The topological polar surface area (TPSA) is 0 Å². The summed E-state index contributed by atoms with van der Waals surface area (Å²) in [4.78, 5) is -7.84. The number of alkyl halides is 20. The van der Waals surface area contributed by atoms with Crippen molar-refractivity contribution in [2.24, 2.45) is 0 Å². The van der Waals surface area contributed by atoms with Crippen molar-refractivity contribution in [1.82, 2.24) is 0 Å². The van der Waals surface area contributed by atoms with Crippen molar-refractivity contribution in [2.75, 3.05) is 0 Å². The van der Waals surface area contributed by atoms with Crippen LogP contribution in [0.3, 0.4) is 0 Å². The summed E-state index contributed by atoms with van der Waals surface area (Å²) in [5.41, 5.74) is 0. The first-order valence-electron chi connectivity index (χ1n) is 6.41. The van der Waals surface area contributed by atoms with Gasteiger partial charge in [0.05, 0.1) is 0 Å². The van der Waals surface area contributed by atoms with Gasteiger partial charge in [0.25, 0.3) is 0 Å². The molecule has 0 aromatic heterocycles. The van der Waals surface area contributed by atoms with Gasteiger partial charge in [-0.1, -0.05) is 0 Å². The maximum absolute atomic E-state index is 13.1. The van der Waals surface area contributed by atoms with Crippen LogP contribution in [-0.4, -0.2) is 65.9 Å². The minimum atomic E-state index is -10.9. The van der Waals surface area contributed by atoms with Gasteiger partial charge >= 0.3 is 161 Å². The summed E-state index contributed by atoms with van der Waals surface area (Å²) in [5, 5.41) is 0. The van der Waals surface area contributed by atoms with E-state index in [0.29, 0.717) is 0 Å². The second-order valence-electron chi connectivity index (χ2n) is 5.59. The van der Waals surface area contributed by atoms with Crippen LogP contribution in [0.4, 0.5) is 94.7 Å².